The minimum absolute atomic E-state index is 0. The Morgan fingerprint density at radius 1 is 1.45 bits per heavy atom. The van der Waals surface area contributed by atoms with Gasteiger partial charge in [-0.3, -0.25) is 4.79 Å². The van der Waals surface area contributed by atoms with Crippen molar-refractivity contribution in [2.75, 3.05) is 0 Å². The zero-order valence-electron chi connectivity index (χ0n) is 5.47. The number of rotatable bonds is 1. The van der Waals surface area contributed by atoms with E-state index in [4.69, 9.17) is 5.11 Å². The lowest BCUT2D eigenvalue weighted by molar-refractivity contribution is -0.243. The van der Waals surface area contributed by atoms with E-state index >= 15 is 0 Å². The van der Waals surface area contributed by atoms with Crippen molar-refractivity contribution < 1.29 is 23.1 Å². The Hall–Kier alpha value is -0.490. The first-order valence-corrected chi connectivity index (χ1v) is 2.28. The van der Waals surface area contributed by atoms with Crippen LogP contribution in [0.3, 0.4) is 0 Å². The number of primary amides is 1. The maximum Gasteiger partial charge on any atom is 0.426 e. The first-order chi connectivity index (χ1) is 4.19. The molecular formula is C4H7ClF3NO2. The molecule has 0 aliphatic carbocycles. The fraction of sp³-hybridized carbons (Fsp3) is 0.750. The average molecular weight is 194 g/mol. The highest BCUT2D eigenvalue weighted by molar-refractivity contribution is 5.85. The van der Waals surface area contributed by atoms with Crippen LogP contribution in [0.2, 0.25) is 0 Å². The second-order valence-electron chi connectivity index (χ2n) is 1.93. The summed E-state index contributed by atoms with van der Waals surface area (Å²) in [6.07, 6.45) is -5.00. The topological polar surface area (TPSA) is 63.3 Å². The van der Waals surface area contributed by atoms with Gasteiger partial charge in [0.2, 0.25) is 5.60 Å². The molecule has 0 heterocycles. The third-order valence-corrected chi connectivity index (χ3v) is 1.03. The Labute approximate surface area is 66.8 Å². The summed E-state index contributed by atoms with van der Waals surface area (Å²) in [5, 5.41) is 8.33. The number of amides is 1. The molecule has 0 aliphatic rings. The summed E-state index contributed by atoms with van der Waals surface area (Å²) < 4.78 is 34.6. The fourth-order valence-electron chi connectivity index (χ4n) is 0.140. The van der Waals surface area contributed by atoms with E-state index in [1.807, 2.05) is 0 Å². The van der Waals surface area contributed by atoms with E-state index in [-0.39, 0.29) is 12.4 Å². The Bertz CT molecular complexity index is 156. The van der Waals surface area contributed by atoms with E-state index in [2.05, 4.69) is 5.73 Å². The molecule has 1 unspecified atom stereocenters. The normalized spacial score (nSPS) is 16.5. The van der Waals surface area contributed by atoms with Crippen LogP contribution in [0.1, 0.15) is 6.92 Å². The summed E-state index contributed by atoms with van der Waals surface area (Å²) in [6.45, 7) is 0.301. The maximum atomic E-state index is 11.5. The van der Waals surface area contributed by atoms with Crippen LogP contribution in [0.25, 0.3) is 0 Å². The van der Waals surface area contributed by atoms with Crippen LogP contribution in [-0.2, 0) is 4.79 Å². The maximum absolute atomic E-state index is 11.5. The van der Waals surface area contributed by atoms with Crippen molar-refractivity contribution in [3.05, 3.63) is 0 Å². The summed E-state index contributed by atoms with van der Waals surface area (Å²) in [7, 11) is 0. The summed E-state index contributed by atoms with van der Waals surface area (Å²) in [6, 6.07) is 0. The molecule has 1 atom stereocenters. The average Bonchev–Trinajstić information content (AvgIpc) is 1.62. The smallest absolute Gasteiger partial charge is 0.373 e. The molecule has 0 fully saturated rings. The van der Waals surface area contributed by atoms with Crippen molar-refractivity contribution in [1.29, 1.82) is 0 Å². The summed E-state index contributed by atoms with van der Waals surface area (Å²) in [5.41, 5.74) is 0.824. The van der Waals surface area contributed by atoms with Gasteiger partial charge in [-0.05, 0) is 6.92 Å². The molecule has 0 aromatic rings. The summed E-state index contributed by atoms with van der Waals surface area (Å²) in [4.78, 5) is 9.92. The van der Waals surface area contributed by atoms with Gasteiger partial charge in [-0.15, -0.1) is 12.4 Å². The van der Waals surface area contributed by atoms with Crippen molar-refractivity contribution in [3.63, 3.8) is 0 Å². The van der Waals surface area contributed by atoms with Crippen LogP contribution in [0.15, 0.2) is 0 Å². The lowest BCUT2D eigenvalue weighted by atomic mass is 10.1. The summed E-state index contributed by atoms with van der Waals surface area (Å²) in [5.74, 6) is -1.81. The van der Waals surface area contributed by atoms with Gasteiger partial charge in [0.25, 0.3) is 5.91 Å². The second-order valence-corrected chi connectivity index (χ2v) is 1.93. The monoisotopic (exact) mass is 193 g/mol. The molecule has 0 rings (SSSR count). The molecule has 0 aliphatic heterocycles. The van der Waals surface area contributed by atoms with Crippen LogP contribution in [0, 0.1) is 0 Å². The molecule has 0 radical (unpaired) electrons. The predicted octanol–water partition coefficient (Wildman–Crippen LogP) is 0.207. The molecule has 0 aromatic heterocycles. The van der Waals surface area contributed by atoms with E-state index in [1.54, 1.807) is 0 Å². The van der Waals surface area contributed by atoms with Gasteiger partial charge in [0, 0.05) is 0 Å². The highest BCUT2D eigenvalue weighted by atomic mass is 35.5. The van der Waals surface area contributed by atoms with Crippen LogP contribution in [-0.4, -0.2) is 22.8 Å². The quantitative estimate of drug-likeness (QED) is 0.625. The molecule has 0 spiro atoms. The van der Waals surface area contributed by atoms with E-state index in [9.17, 15) is 18.0 Å². The number of hydrogen-bond donors (Lipinski definition) is 2. The number of carbonyl (C=O) groups is 1. The fourth-order valence-corrected chi connectivity index (χ4v) is 0.140. The van der Waals surface area contributed by atoms with Gasteiger partial charge < -0.3 is 10.8 Å². The minimum atomic E-state index is -5.00. The first kappa shape index (κ1) is 13.1. The number of hydrogen-bond acceptors (Lipinski definition) is 2. The van der Waals surface area contributed by atoms with Crippen LogP contribution in [0.4, 0.5) is 13.2 Å². The molecule has 3 nitrogen and oxygen atoms in total. The Morgan fingerprint density at radius 2 is 1.73 bits per heavy atom. The van der Waals surface area contributed by atoms with Crippen molar-refractivity contribution in [2.45, 2.75) is 18.7 Å². The van der Waals surface area contributed by atoms with E-state index in [0.717, 1.165) is 0 Å². The van der Waals surface area contributed by atoms with Crippen molar-refractivity contribution in [1.82, 2.24) is 0 Å². The number of alkyl halides is 3. The second kappa shape index (κ2) is 3.27. The molecule has 1 amide bonds. The third kappa shape index (κ3) is 2.55. The number of carbonyl (C=O) groups excluding carboxylic acids is 1. The van der Waals surface area contributed by atoms with Crippen molar-refractivity contribution >= 4 is 18.3 Å². The molecule has 0 aromatic carbocycles. The minimum Gasteiger partial charge on any atom is -0.373 e. The van der Waals surface area contributed by atoms with Crippen molar-refractivity contribution in [2.24, 2.45) is 5.73 Å². The Morgan fingerprint density at radius 3 is 1.73 bits per heavy atom. The van der Waals surface area contributed by atoms with Crippen LogP contribution < -0.4 is 5.73 Å². The SMILES string of the molecule is CC(O)(C(N)=O)C(F)(F)F.Cl. The zero-order chi connectivity index (χ0) is 8.58. The molecule has 0 saturated carbocycles. The molecule has 11 heavy (non-hydrogen) atoms. The van der Waals surface area contributed by atoms with Crippen molar-refractivity contribution in [3.8, 4) is 0 Å². The van der Waals surface area contributed by atoms with Gasteiger partial charge in [0.15, 0.2) is 0 Å². The number of nitrogens with two attached hydrogens (primary N) is 1. The van der Waals surface area contributed by atoms with E-state index < -0.39 is 17.7 Å². The van der Waals surface area contributed by atoms with Gasteiger partial charge in [0.1, 0.15) is 0 Å². The van der Waals surface area contributed by atoms with E-state index in [0.29, 0.717) is 6.92 Å². The Kier molecular flexibility index (Phi) is 3.90. The molecule has 0 bridgehead atoms. The molecule has 0 saturated heterocycles. The van der Waals surface area contributed by atoms with Gasteiger partial charge >= 0.3 is 6.18 Å². The highest BCUT2D eigenvalue weighted by Crippen LogP contribution is 2.29. The van der Waals surface area contributed by atoms with Gasteiger partial charge in [-0.1, -0.05) is 0 Å². The molecule has 68 valence electrons. The van der Waals surface area contributed by atoms with E-state index in [1.165, 1.54) is 0 Å². The van der Waals surface area contributed by atoms with Gasteiger partial charge in [0.05, 0.1) is 0 Å². The summed E-state index contributed by atoms with van der Waals surface area (Å²) >= 11 is 0. The Balaban J connectivity index is 0. The van der Waals surface area contributed by atoms with Gasteiger partial charge in [-0.2, -0.15) is 13.2 Å². The molecular weight excluding hydrogens is 186 g/mol. The molecule has 7 heteroatoms. The highest BCUT2D eigenvalue weighted by Gasteiger charge is 2.54. The number of halogens is 4. The lowest BCUT2D eigenvalue weighted by Gasteiger charge is -2.21. The predicted molar refractivity (Wildman–Crippen MR) is 33.1 cm³/mol. The van der Waals surface area contributed by atoms with Gasteiger partial charge in [-0.25, -0.2) is 0 Å². The largest absolute Gasteiger partial charge is 0.426 e. The number of aliphatic hydroxyl groups is 1. The van der Waals surface area contributed by atoms with Crippen LogP contribution in [0.5, 0.6) is 0 Å². The third-order valence-electron chi connectivity index (χ3n) is 1.03. The first-order valence-electron chi connectivity index (χ1n) is 2.28. The molecule has 3 N–H and O–H groups in total. The zero-order valence-corrected chi connectivity index (χ0v) is 6.29. The lowest BCUT2D eigenvalue weighted by Crippen LogP contribution is -2.52. The standard InChI is InChI=1S/C4H6F3NO2.ClH/c1-3(10,2(8)9)4(5,6)7;/h10H,1H3,(H2,8,9);1H. The van der Waals surface area contributed by atoms with Crippen LogP contribution >= 0.6 is 12.4 Å².